The highest BCUT2D eigenvalue weighted by molar-refractivity contribution is 5.14. The lowest BCUT2D eigenvalue weighted by Gasteiger charge is -2.05. The van der Waals surface area contributed by atoms with Crippen molar-refractivity contribution in [1.29, 1.82) is 0 Å². The second-order valence-electron chi connectivity index (χ2n) is 20.6. The summed E-state index contributed by atoms with van der Waals surface area (Å²) in [7, 11) is 0. The second kappa shape index (κ2) is 53.6. The van der Waals surface area contributed by atoms with Crippen molar-refractivity contribution in [2.75, 3.05) is 0 Å². The predicted octanol–water partition coefficient (Wildman–Crippen LogP) is 22.9. The van der Waals surface area contributed by atoms with Crippen LogP contribution in [0.5, 0.6) is 0 Å². The molecule has 61 heavy (non-hydrogen) atoms. The van der Waals surface area contributed by atoms with Crippen LogP contribution in [0.3, 0.4) is 0 Å². The van der Waals surface area contributed by atoms with E-state index in [1.165, 1.54) is 352 Å². The van der Waals surface area contributed by atoms with Crippen molar-refractivity contribution < 1.29 is 0 Å². The fourth-order valence-corrected chi connectivity index (χ4v) is 10.1. The average Bonchev–Trinajstić information content (AvgIpc) is 3.28. The highest BCUT2D eigenvalue weighted by Crippen LogP contribution is 2.19. The van der Waals surface area contributed by atoms with Crippen LogP contribution in [0, 0.1) is 0 Å². The zero-order valence-electron chi connectivity index (χ0n) is 42.6. The van der Waals surface area contributed by atoms with Crippen LogP contribution in [0.4, 0.5) is 0 Å². The summed E-state index contributed by atoms with van der Waals surface area (Å²) in [6.45, 7) is 2.31. The smallest absolute Gasteiger partial charge is 0.0279 e. The SMILES string of the molecule is CCCCCCCCCCCCCCCCCCCCCCCCCCCCCCCCCCCCCCCCCCCCCCCCCCCCCCCc1ccccc1. The van der Waals surface area contributed by atoms with Gasteiger partial charge in [0.25, 0.3) is 0 Å². The normalized spacial score (nSPS) is 11.6. The molecule has 0 nitrogen and oxygen atoms in total. The molecule has 0 unspecified atom stereocenters. The Kier molecular flexibility index (Phi) is 51.1. The minimum atomic E-state index is 1.26. The Balaban J connectivity index is 1.59. The molecule has 0 aliphatic heterocycles. The minimum Gasteiger partial charge on any atom is -0.0654 e. The lowest BCUT2D eigenvalue weighted by molar-refractivity contribution is 0.507. The number of aryl methyl sites for hydroxylation is 1. The van der Waals surface area contributed by atoms with Crippen molar-refractivity contribution >= 4 is 0 Å². The van der Waals surface area contributed by atoms with E-state index < -0.39 is 0 Å². The van der Waals surface area contributed by atoms with Gasteiger partial charge >= 0.3 is 0 Å². The molecule has 360 valence electrons. The van der Waals surface area contributed by atoms with Gasteiger partial charge in [-0.2, -0.15) is 0 Å². The lowest BCUT2D eigenvalue weighted by atomic mass is 10.0. The molecule has 0 bridgehead atoms. The Morgan fingerprint density at radius 1 is 0.180 bits per heavy atom. The second-order valence-corrected chi connectivity index (χ2v) is 20.6. The molecule has 0 saturated carbocycles. The minimum absolute atomic E-state index is 1.26. The van der Waals surface area contributed by atoms with Gasteiger partial charge in [0.05, 0.1) is 0 Å². The Labute approximate surface area is 388 Å². The summed E-state index contributed by atoms with van der Waals surface area (Å²) >= 11 is 0. The number of hydrogen-bond donors (Lipinski definition) is 0. The van der Waals surface area contributed by atoms with Gasteiger partial charge in [-0.15, -0.1) is 0 Å². The molecule has 0 radical (unpaired) electrons. The first-order valence-electron chi connectivity index (χ1n) is 29.5. The van der Waals surface area contributed by atoms with Crippen molar-refractivity contribution in [1.82, 2.24) is 0 Å². The summed E-state index contributed by atoms with van der Waals surface area (Å²) in [5.74, 6) is 0. The fourth-order valence-electron chi connectivity index (χ4n) is 10.1. The molecular weight excluding hydrogens is 733 g/mol. The summed E-state index contributed by atoms with van der Waals surface area (Å²) in [6, 6.07) is 11.0. The van der Waals surface area contributed by atoms with Gasteiger partial charge in [0.2, 0.25) is 0 Å². The molecule has 0 aromatic heterocycles. The molecule has 0 fully saturated rings. The Morgan fingerprint density at radius 3 is 0.492 bits per heavy atom. The molecule has 0 spiro atoms. The topological polar surface area (TPSA) is 0 Å². The third kappa shape index (κ3) is 50.1. The molecule has 1 aromatic carbocycles. The van der Waals surface area contributed by atoms with Crippen molar-refractivity contribution in [3.8, 4) is 0 Å². The maximum atomic E-state index is 2.31. The van der Waals surface area contributed by atoms with E-state index in [2.05, 4.69) is 37.3 Å². The van der Waals surface area contributed by atoms with Crippen LogP contribution >= 0.6 is 0 Å². The van der Waals surface area contributed by atoms with Crippen molar-refractivity contribution in [2.24, 2.45) is 0 Å². The number of unbranched alkanes of at least 4 members (excludes halogenated alkanes) is 52. The number of benzene rings is 1. The molecule has 1 rings (SSSR count). The predicted molar refractivity (Wildman–Crippen MR) is 281 cm³/mol. The lowest BCUT2D eigenvalue weighted by Crippen LogP contribution is -1.86. The first-order valence-corrected chi connectivity index (χ1v) is 29.5. The summed E-state index contributed by atoms with van der Waals surface area (Å²) in [4.78, 5) is 0. The zero-order chi connectivity index (χ0) is 43.3. The molecular formula is C61H116. The third-order valence-electron chi connectivity index (χ3n) is 14.4. The van der Waals surface area contributed by atoms with Crippen molar-refractivity contribution in [3.05, 3.63) is 35.9 Å². The van der Waals surface area contributed by atoms with Crippen LogP contribution in [0.25, 0.3) is 0 Å². The fraction of sp³-hybridized carbons (Fsp3) is 0.902. The third-order valence-corrected chi connectivity index (χ3v) is 14.4. The highest BCUT2D eigenvalue weighted by Gasteiger charge is 2.00. The van der Waals surface area contributed by atoms with E-state index in [4.69, 9.17) is 0 Å². The van der Waals surface area contributed by atoms with E-state index in [1.807, 2.05) is 0 Å². The molecule has 0 aliphatic carbocycles. The molecule has 0 N–H and O–H groups in total. The molecule has 0 saturated heterocycles. The maximum absolute atomic E-state index is 2.31. The van der Waals surface area contributed by atoms with E-state index in [1.54, 1.807) is 0 Å². The maximum Gasteiger partial charge on any atom is -0.0279 e. The van der Waals surface area contributed by atoms with E-state index in [9.17, 15) is 0 Å². The Hall–Kier alpha value is -0.780. The van der Waals surface area contributed by atoms with Crippen LogP contribution in [0.2, 0.25) is 0 Å². The quantitative estimate of drug-likeness (QED) is 0.0573. The monoisotopic (exact) mass is 849 g/mol. The summed E-state index contributed by atoms with van der Waals surface area (Å²) in [6.07, 6.45) is 79.8. The molecule has 0 atom stereocenters. The van der Waals surface area contributed by atoms with Gasteiger partial charge in [0, 0.05) is 0 Å². The molecule has 0 amide bonds. The van der Waals surface area contributed by atoms with E-state index >= 15 is 0 Å². The number of hydrogen-bond acceptors (Lipinski definition) is 0. The molecule has 0 aliphatic rings. The van der Waals surface area contributed by atoms with Gasteiger partial charge in [-0.25, -0.2) is 0 Å². The zero-order valence-corrected chi connectivity index (χ0v) is 42.6. The van der Waals surface area contributed by atoms with Crippen molar-refractivity contribution in [2.45, 2.75) is 354 Å². The summed E-state index contributed by atoms with van der Waals surface area (Å²) in [5, 5.41) is 0. The standard InChI is InChI=1S/C61H116/c1-2-3-4-5-6-7-8-9-10-11-12-13-14-15-16-17-18-19-20-21-22-23-24-25-26-27-28-29-30-31-32-33-34-35-36-37-38-39-40-41-42-43-44-45-46-47-48-49-50-51-52-53-55-58-61-59-56-54-57-60-61/h54,56-57,59-60H,2-53,55,58H2,1H3. The largest absolute Gasteiger partial charge is 0.0654 e. The molecule has 0 heteroatoms. The molecule has 0 heterocycles. The van der Waals surface area contributed by atoms with E-state index in [0.29, 0.717) is 0 Å². The van der Waals surface area contributed by atoms with Crippen LogP contribution < -0.4 is 0 Å². The van der Waals surface area contributed by atoms with Gasteiger partial charge in [0.15, 0.2) is 0 Å². The van der Waals surface area contributed by atoms with Gasteiger partial charge in [-0.05, 0) is 18.4 Å². The Morgan fingerprint density at radius 2 is 0.328 bits per heavy atom. The summed E-state index contributed by atoms with van der Waals surface area (Å²) in [5.41, 5.74) is 1.51. The van der Waals surface area contributed by atoms with E-state index in [-0.39, 0.29) is 0 Å². The van der Waals surface area contributed by atoms with E-state index in [0.717, 1.165) is 0 Å². The molecule has 1 aromatic rings. The summed E-state index contributed by atoms with van der Waals surface area (Å²) < 4.78 is 0. The van der Waals surface area contributed by atoms with Gasteiger partial charge < -0.3 is 0 Å². The van der Waals surface area contributed by atoms with Gasteiger partial charge in [-0.3, -0.25) is 0 Å². The number of rotatable bonds is 54. The van der Waals surface area contributed by atoms with Gasteiger partial charge in [-0.1, -0.05) is 371 Å². The van der Waals surface area contributed by atoms with Gasteiger partial charge in [0.1, 0.15) is 0 Å². The van der Waals surface area contributed by atoms with Crippen LogP contribution in [0.1, 0.15) is 353 Å². The highest BCUT2D eigenvalue weighted by atomic mass is 14.1. The first kappa shape index (κ1) is 58.2. The van der Waals surface area contributed by atoms with Crippen LogP contribution in [-0.2, 0) is 6.42 Å². The van der Waals surface area contributed by atoms with Crippen LogP contribution in [0.15, 0.2) is 30.3 Å². The first-order chi connectivity index (χ1) is 30.4. The van der Waals surface area contributed by atoms with Crippen molar-refractivity contribution in [3.63, 3.8) is 0 Å². The Bertz CT molecular complexity index is 871. The van der Waals surface area contributed by atoms with Crippen LogP contribution in [-0.4, -0.2) is 0 Å². The average molecular weight is 850 g/mol.